The molecule has 1 atom stereocenters. The van der Waals surface area contributed by atoms with Crippen LogP contribution < -0.4 is 5.32 Å². The van der Waals surface area contributed by atoms with Crippen molar-refractivity contribution in [1.82, 2.24) is 15.3 Å². The maximum absolute atomic E-state index is 14.0. The standard InChI is InChI=1S/C15H14FN3/c16-12-3-1-2-10-14-11(5-7-18-14)13(19-15(10)12)9-4-6-17-8-9/h1-3,5,7,9,17-18H,4,6,8H2. The molecule has 0 amide bonds. The fourth-order valence-corrected chi connectivity index (χ4v) is 3.02. The van der Waals surface area contributed by atoms with Crippen molar-refractivity contribution >= 4 is 21.8 Å². The number of rotatable bonds is 1. The monoisotopic (exact) mass is 255 g/mol. The van der Waals surface area contributed by atoms with Gasteiger partial charge in [-0.3, -0.25) is 0 Å². The third kappa shape index (κ3) is 1.56. The van der Waals surface area contributed by atoms with Gasteiger partial charge in [0.15, 0.2) is 0 Å². The van der Waals surface area contributed by atoms with Crippen LogP contribution in [0, 0.1) is 5.82 Å². The molecule has 1 aromatic carbocycles. The zero-order chi connectivity index (χ0) is 12.8. The number of hydrogen-bond acceptors (Lipinski definition) is 2. The van der Waals surface area contributed by atoms with Crippen molar-refractivity contribution < 1.29 is 4.39 Å². The highest BCUT2D eigenvalue weighted by Crippen LogP contribution is 2.32. The highest BCUT2D eigenvalue weighted by atomic mass is 19.1. The summed E-state index contributed by atoms with van der Waals surface area (Å²) in [5, 5.41) is 5.32. The maximum Gasteiger partial charge on any atom is 0.149 e. The summed E-state index contributed by atoms with van der Waals surface area (Å²) in [6.07, 6.45) is 2.97. The predicted octanol–water partition coefficient (Wildman–Crippen LogP) is 2.93. The van der Waals surface area contributed by atoms with E-state index in [9.17, 15) is 4.39 Å². The minimum absolute atomic E-state index is 0.249. The average molecular weight is 255 g/mol. The zero-order valence-corrected chi connectivity index (χ0v) is 10.4. The lowest BCUT2D eigenvalue weighted by atomic mass is 9.99. The van der Waals surface area contributed by atoms with Crippen molar-refractivity contribution in [2.75, 3.05) is 13.1 Å². The fraction of sp³-hybridized carbons (Fsp3) is 0.267. The van der Waals surface area contributed by atoms with Crippen LogP contribution in [0.1, 0.15) is 18.0 Å². The van der Waals surface area contributed by atoms with Crippen LogP contribution in [0.5, 0.6) is 0 Å². The van der Waals surface area contributed by atoms with E-state index in [1.165, 1.54) is 6.07 Å². The lowest BCUT2D eigenvalue weighted by molar-refractivity contribution is 0.635. The third-order valence-electron chi connectivity index (χ3n) is 3.96. The molecular weight excluding hydrogens is 241 g/mol. The number of aromatic nitrogens is 2. The first-order valence-corrected chi connectivity index (χ1v) is 6.60. The Morgan fingerprint density at radius 3 is 3.00 bits per heavy atom. The van der Waals surface area contributed by atoms with E-state index in [0.717, 1.165) is 41.5 Å². The van der Waals surface area contributed by atoms with Gasteiger partial charge in [-0.05, 0) is 25.1 Å². The van der Waals surface area contributed by atoms with Crippen LogP contribution in [-0.4, -0.2) is 23.1 Å². The van der Waals surface area contributed by atoms with Gasteiger partial charge in [0, 0.05) is 29.4 Å². The van der Waals surface area contributed by atoms with Crippen LogP contribution in [-0.2, 0) is 0 Å². The number of nitrogens with one attached hydrogen (secondary N) is 2. The summed E-state index contributed by atoms with van der Waals surface area (Å²) in [5.41, 5.74) is 2.48. The number of fused-ring (bicyclic) bond motifs is 3. The van der Waals surface area contributed by atoms with Gasteiger partial charge < -0.3 is 10.3 Å². The first-order chi connectivity index (χ1) is 9.34. The van der Waals surface area contributed by atoms with Crippen LogP contribution in [0.25, 0.3) is 21.8 Å². The lowest BCUT2D eigenvalue weighted by Gasteiger charge is -2.11. The SMILES string of the molecule is Fc1cccc2c1nc(C1CCNC1)c1cc[nH]c12. The number of nitrogens with zero attached hydrogens (tertiary/aromatic N) is 1. The Labute approximate surface area is 109 Å². The molecule has 1 aliphatic rings. The van der Waals surface area contributed by atoms with E-state index in [1.807, 2.05) is 18.3 Å². The van der Waals surface area contributed by atoms with Gasteiger partial charge in [-0.1, -0.05) is 12.1 Å². The second kappa shape index (κ2) is 4.03. The van der Waals surface area contributed by atoms with Crippen LogP contribution in [0.3, 0.4) is 0 Å². The van der Waals surface area contributed by atoms with Gasteiger partial charge in [0.05, 0.1) is 11.2 Å². The van der Waals surface area contributed by atoms with Gasteiger partial charge in [-0.2, -0.15) is 0 Å². The van der Waals surface area contributed by atoms with E-state index < -0.39 is 0 Å². The van der Waals surface area contributed by atoms with Gasteiger partial charge in [-0.15, -0.1) is 0 Å². The number of halogens is 1. The van der Waals surface area contributed by atoms with Crippen molar-refractivity contribution in [1.29, 1.82) is 0 Å². The minimum Gasteiger partial charge on any atom is -0.361 e. The molecule has 1 fully saturated rings. The highest BCUT2D eigenvalue weighted by molar-refractivity contribution is 6.04. The Bertz CT molecular complexity index is 757. The number of H-pyrrole nitrogens is 1. The first-order valence-electron chi connectivity index (χ1n) is 6.60. The summed E-state index contributed by atoms with van der Waals surface area (Å²) in [7, 11) is 0. The fourth-order valence-electron chi connectivity index (χ4n) is 3.02. The van der Waals surface area contributed by atoms with E-state index in [4.69, 9.17) is 0 Å². The van der Waals surface area contributed by atoms with Crippen molar-refractivity contribution in [3.05, 3.63) is 42.0 Å². The van der Waals surface area contributed by atoms with Gasteiger partial charge in [0.25, 0.3) is 0 Å². The summed E-state index contributed by atoms with van der Waals surface area (Å²) in [6.45, 7) is 1.93. The highest BCUT2D eigenvalue weighted by Gasteiger charge is 2.22. The first kappa shape index (κ1) is 10.9. The predicted molar refractivity (Wildman–Crippen MR) is 73.8 cm³/mol. The second-order valence-corrected chi connectivity index (χ2v) is 5.09. The van der Waals surface area contributed by atoms with Gasteiger partial charge in [0.1, 0.15) is 11.3 Å². The van der Waals surface area contributed by atoms with Crippen molar-refractivity contribution in [3.8, 4) is 0 Å². The molecule has 1 aliphatic heterocycles. The maximum atomic E-state index is 14.0. The van der Waals surface area contributed by atoms with Crippen molar-refractivity contribution in [2.45, 2.75) is 12.3 Å². The van der Waals surface area contributed by atoms with E-state index >= 15 is 0 Å². The molecule has 4 heteroatoms. The molecule has 0 bridgehead atoms. The number of pyridine rings is 1. The van der Waals surface area contributed by atoms with Gasteiger partial charge in [-0.25, -0.2) is 9.37 Å². The lowest BCUT2D eigenvalue weighted by Crippen LogP contribution is -2.09. The van der Waals surface area contributed by atoms with Gasteiger partial charge >= 0.3 is 0 Å². The topological polar surface area (TPSA) is 40.7 Å². The summed E-state index contributed by atoms with van der Waals surface area (Å²) >= 11 is 0. The van der Waals surface area contributed by atoms with E-state index in [2.05, 4.69) is 15.3 Å². The normalized spacial score (nSPS) is 19.5. The average Bonchev–Trinajstić information content (AvgIpc) is 3.10. The molecule has 1 unspecified atom stereocenters. The molecule has 1 saturated heterocycles. The zero-order valence-electron chi connectivity index (χ0n) is 10.4. The van der Waals surface area contributed by atoms with E-state index in [1.54, 1.807) is 6.07 Å². The molecule has 0 aliphatic carbocycles. The Hall–Kier alpha value is -1.94. The van der Waals surface area contributed by atoms with Crippen LogP contribution in [0.4, 0.5) is 4.39 Å². The molecule has 96 valence electrons. The Balaban J connectivity index is 2.10. The smallest absolute Gasteiger partial charge is 0.149 e. The largest absolute Gasteiger partial charge is 0.361 e. The molecule has 3 heterocycles. The van der Waals surface area contributed by atoms with E-state index in [0.29, 0.717) is 11.4 Å². The van der Waals surface area contributed by atoms with Crippen LogP contribution in [0.2, 0.25) is 0 Å². The Kier molecular flexibility index (Phi) is 2.32. The summed E-state index contributed by atoms with van der Waals surface area (Å²) in [6, 6.07) is 7.17. The molecule has 3 aromatic rings. The second-order valence-electron chi connectivity index (χ2n) is 5.09. The molecule has 0 radical (unpaired) electrons. The van der Waals surface area contributed by atoms with Crippen molar-refractivity contribution in [3.63, 3.8) is 0 Å². The molecule has 2 N–H and O–H groups in total. The Morgan fingerprint density at radius 1 is 1.21 bits per heavy atom. The molecule has 2 aromatic heterocycles. The third-order valence-corrected chi connectivity index (χ3v) is 3.96. The quantitative estimate of drug-likeness (QED) is 0.702. The Morgan fingerprint density at radius 2 is 2.16 bits per heavy atom. The number of aromatic amines is 1. The van der Waals surface area contributed by atoms with Crippen LogP contribution in [0.15, 0.2) is 30.5 Å². The molecule has 4 rings (SSSR count). The number of benzene rings is 1. The summed E-state index contributed by atoms with van der Waals surface area (Å²) < 4.78 is 14.0. The van der Waals surface area contributed by atoms with Gasteiger partial charge in [0.2, 0.25) is 0 Å². The molecule has 0 saturated carbocycles. The van der Waals surface area contributed by atoms with Crippen LogP contribution >= 0.6 is 0 Å². The molecular formula is C15H14FN3. The summed E-state index contributed by atoms with van der Waals surface area (Å²) in [5.74, 6) is 0.128. The number of para-hydroxylation sites is 1. The van der Waals surface area contributed by atoms with Crippen molar-refractivity contribution in [2.24, 2.45) is 0 Å². The number of hydrogen-bond donors (Lipinski definition) is 2. The molecule has 3 nitrogen and oxygen atoms in total. The van der Waals surface area contributed by atoms with E-state index in [-0.39, 0.29) is 5.82 Å². The summed E-state index contributed by atoms with van der Waals surface area (Å²) in [4.78, 5) is 7.85. The molecule has 19 heavy (non-hydrogen) atoms. The molecule has 0 spiro atoms. The minimum atomic E-state index is -0.249.